The maximum atomic E-state index is 13.2. The summed E-state index contributed by atoms with van der Waals surface area (Å²) in [5.74, 6) is -0.771. The van der Waals surface area contributed by atoms with E-state index in [0.717, 1.165) is 14.5 Å². The number of aromatic nitrogens is 1. The van der Waals surface area contributed by atoms with Crippen LogP contribution in [0.4, 0.5) is 4.39 Å². The molecule has 0 saturated carbocycles. The number of hydrogen-bond donors (Lipinski definition) is 3. The lowest BCUT2D eigenvalue weighted by atomic mass is 10.1. The summed E-state index contributed by atoms with van der Waals surface area (Å²) >= 11 is 2.18. The zero-order valence-electron chi connectivity index (χ0n) is 15.2. The number of carbonyl (C=O) groups is 2. The van der Waals surface area contributed by atoms with Crippen molar-refractivity contribution >= 4 is 45.3 Å². The van der Waals surface area contributed by atoms with Gasteiger partial charge in [-0.25, -0.2) is 4.39 Å². The summed E-state index contributed by atoms with van der Waals surface area (Å²) in [5.41, 5.74) is 2.61. The molecule has 2 amide bonds. The molecular formula is C21H19FIN3O2. The molecule has 0 aliphatic rings. The van der Waals surface area contributed by atoms with Crippen molar-refractivity contribution in [3.8, 4) is 0 Å². The Morgan fingerprint density at radius 2 is 1.75 bits per heavy atom. The highest BCUT2D eigenvalue weighted by Crippen LogP contribution is 2.16. The van der Waals surface area contributed by atoms with Crippen molar-refractivity contribution in [3.05, 3.63) is 80.8 Å². The molecule has 1 aromatic heterocycles. The molecule has 2 aromatic carbocycles. The van der Waals surface area contributed by atoms with Crippen LogP contribution in [0.15, 0.2) is 54.6 Å². The molecule has 3 rings (SSSR count). The lowest BCUT2D eigenvalue weighted by Crippen LogP contribution is -2.25. The van der Waals surface area contributed by atoms with Gasteiger partial charge in [-0.15, -0.1) is 0 Å². The van der Waals surface area contributed by atoms with Crippen LogP contribution in [0.3, 0.4) is 0 Å². The Kier molecular flexibility index (Phi) is 6.45. The van der Waals surface area contributed by atoms with E-state index in [0.29, 0.717) is 29.9 Å². The molecule has 0 aliphatic heterocycles. The average Bonchev–Trinajstić information content (AvgIpc) is 3.06. The zero-order chi connectivity index (χ0) is 20.1. The van der Waals surface area contributed by atoms with E-state index >= 15 is 0 Å². The smallest absolute Gasteiger partial charge is 0.267 e. The number of aryl methyl sites for hydroxylation is 1. The fourth-order valence-corrected chi connectivity index (χ4v) is 3.58. The monoisotopic (exact) mass is 491 g/mol. The molecule has 0 radical (unpaired) electrons. The molecule has 0 atom stereocenters. The maximum Gasteiger partial charge on any atom is 0.267 e. The second-order valence-electron chi connectivity index (χ2n) is 6.32. The van der Waals surface area contributed by atoms with E-state index in [1.165, 1.54) is 12.1 Å². The minimum Gasteiger partial charge on any atom is -0.350 e. The first-order valence-corrected chi connectivity index (χ1v) is 9.77. The van der Waals surface area contributed by atoms with Gasteiger partial charge in [0.1, 0.15) is 11.5 Å². The third-order valence-corrected chi connectivity index (χ3v) is 4.68. The lowest BCUT2D eigenvalue weighted by Gasteiger charge is -2.04. The number of aromatic amines is 1. The van der Waals surface area contributed by atoms with Crippen LogP contribution in [0.25, 0.3) is 10.9 Å². The Balaban J connectivity index is 1.45. The Hall–Kier alpha value is -2.68. The largest absolute Gasteiger partial charge is 0.350 e. The highest BCUT2D eigenvalue weighted by Gasteiger charge is 2.09. The van der Waals surface area contributed by atoms with Gasteiger partial charge in [0.05, 0.1) is 0 Å². The first kappa shape index (κ1) is 20.1. The summed E-state index contributed by atoms with van der Waals surface area (Å²) in [6.45, 7) is 2.64. The van der Waals surface area contributed by atoms with E-state index < -0.39 is 0 Å². The van der Waals surface area contributed by atoms with Gasteiger partial charge in [0, 0.05) is 33.1 Å². The molecular weight excluding hydrogens is 472 g/mol. The first-order valence-electron chi connectivity index (χ1n) is 8.69. The minimum absolute atomic E-state index is 0.138. The maximum absolute atomic E-state index is 13.2. The number of H-pyrrole nitrogens is 1. The number of carbonyl (C=O) groups excluding carboxylic acids is 2. The van der Waals surface area contributed by atoms with Gasteiger partial charge in [-0.05, 0) is 77.5 Å². The quantitative estimate of drug-likeness (QED) is 0.361. The highest BCUT2D eigenvalue weighted by atomic mass is 127. The van der Waals surface area contributed by atoms with E-state index in [4.69, 9.17) is 0 Å². The Bertz CT molecular complexity index is 1040. The SMILES string of the molecule is Cc1cc(I)cc(C(=O)NC/C=C\CNC(=O)c2cc3ccc(F)cc3[nH]2)c1. The highest BCUT2D eigenvalue weighted by molar-refractivity contribution is 14.1. The molecule has 0 spiro atoms. The van der Waals surface area contributed by atoms with Gasteiger partial charge in [-0.1, -0.05) is 12.2 Å². The van der Waals surface area contributed by atoms with Gasteiger partial charge >= 0.3 is 0 Å². The molecule has 0 bridgehead atoms. The van der Waals surface area contributed by atoms with Gasteiger partial charge < -0.3 is 15.6 Å². The molecule has 1 heterocycles. The standard InChI is InChI=1S/C21H19FIN3O2/c1-13-8-15(10-17(23)9-13)20(27)24-6-2-3-7-25-21(28)19-11-14-4-5-16(22)12-18(14)26-19/h2-5,8-12,26H,6-7H2,1H3,(H,24,27)(H,25,28)/b3-2-. The Morgan fingerprint density at radius 1 is 1.04 bits per heavy atom. The van der Waals surface area contributed by atoms with Crippen molar-refractivity contribution in [2.24, 2.45) is 0 Å². The number of amides is 2. The summed E-state index contributed by atoms with van der Waals surface area (Å²) in [6.07, 6.45) is 3.54. The van der Waals surface area contributed by atoms with Gasteiger partial charge in [0.25, 0.3) is 11.8 Å². The lowest BCUT2D eigenvalue weighted by molar-refractivity contribution is 0.0946. The molecule has 0 aliphatic carbocycles. The van der Waals surface area contributed by atoms with Crippen LogP contribution < -0.4 is 10.6 Å². The Labute approximate surface area is 175 Å². The molecule has 28 heavy (non-hydrogen) atoms. The van der Waals surface area contributed by atoms with E-state index in [9.17, 15) is 14.0 Å². The van der Waals surface area contributed by atoms with Gasteiger partial charge in [-0.2, -0.15) is 0 Å². The van der Waals surface area contributed by atoms with Crippen LogP contribution in [0.2, 0.25) is 0 Å². The number of benzene rings is 2. The second kappa shape index (κ2) is 9.01. The minimum atomic E-state index is -0.355. The summed E-state index contributed by atoms with van der Waals surface area (Å²) in [5, 5.41) is 6.33. The van der Waals surface area contributed by atoms with Crippen molar-refractivity contribution in [2.45, 2.75) is 6.92 Å². The number of fused-ring (bicyclic) bond motifs is 1. The predicted octanol–water partition coefficient (Wildman–Crippen LogP) is 3.94. The Morgan fingerprint density at radius 3 is 2.46 bits per heavy atom. The van der Waals surface area contributed by atoms with Crippen LogP contribution >= 0.6 is 22.6 Å². The van der Waals surface area contributed by atoms with Gasteiger partial charge in [0.15, 0.2) is 0 Å². The van der Waals surface area contributed by atoms with Crippen LogP contribution in [-0.2, 0) is 0 Å². The van der Waals surface area contributed by atoms with Crippen molar-refractivity contribution < 1.29 is 14.0 Å². The van der Waals surface area contributed by atoms with E-state index in [2.05, 4.69) is 38.2 Å². The molecule has 0 fully saturated rings. The van der Waals surface area contributed by atoms with Crippen LogP contribution in [0.5, 0.6) is 0 Å². The van der Waals surface area contributed by atoms with Crippen molar-refractivity contribution in [1.29, 1.82) is 0 Å². The molecule has 3 aromatic rings. The summed E-state index contributed by atoms with van der Waals surface area (Å²) in [4.78, 5) is 27.2. The topological polar surface area (TPSA) is 74.0 Å². The number of nitrogens with one attached hydrogen (secondary N) is 3. The zero-order valence-corrected chi connectivity index (χ0v) is 17.3. The molecule has 0 unspecified atom stereocenters. The molecule has 0 saturated heterocycles. The third-order valence-electron chi connectivity index (χ3n) is 4.06. The van der Waals surface area contributed by atoms with Crippen LogP contribution in [-0.4, -0.2) is 29.9 Å². The average molecular weight is 491 g/mol. The van der Waals surface area contributed by atoms with Gasteiger partial charge in [-0.3, -0.25) is 9.59 Å². The molecule has 5 nitrogen and oxygen atoms in total. The summed E-state index contributed by atoms with van der Waals surface area (Å²) < 4.78 is 14.2. The van der Waals surface area contributed by atoms with Crippen LogP contribution in [0.1, 0.15) is 26.4 Å². The van der Waals surface area contributed by atoms with E-state index in [1.807, 2.05) is 25.1 Å². The van der Waals surface area contributed by atoms with Crippen molar-refractivity contribution in [2.75, 3.05) is 13.1 Å². The fraction of sp³-hybridized carbons (Fsp3) is 0.143. The van der Waals surface area contributed by atoms with Crippen molar-refractivity contribution in [3.63, 3.8) is 0 Å². The second-order valence-corrected chi connectivity index (χ2v) is 7.57. The fourth-order valence-electron chi connectivity index (χ4n) is 2.76. The number of rotatable bonds is 6. The number of halogens is 2. The van der Waals surface area contributed by atoms with E-state index in [1.54, 1.807) is 24.3 Å². The summed E-state index contributed by atoms with van der Waals surface area (Å²) in [6, 6.07) is 11.7. The van der Waals surface area contributed by atoms with Gasteiger partial charge in [0.2, 0.25) is 0 Å². The molecule has 144 valence electrons. The summed E-state index contributed by atoms with van der Waals surface area (Å²) in [7, 11) is 0. The normalized spacial score (nSPS) is 11.1. The number of hydrogen-bond acceptors (Lipinski definition) is 2. The van der Waals surface area contributed by atoms with Crippen molar-refractivity contribution in [1.82, 2.24) is 15.6 Å². The molecule has 7 heteroatoms. The van der Waals surface area contributed by atoms with Crippen LogP contribution in [0, 0.1) is 16.3 Å². The molecule has 3 N–H and O–H groups in total. The third kappa shape index (κ3) is 5.19. The first-order chi connectivity index (χ1) is 13.4. The predicted molar refractivity (Wildman–Crippen MR) is 116 cm³/mol. The van der Waals surface area contributed by atoms with E-state index in [-0.39, 0.29) is 17.6 Å².